The second-order valence-corrected chi connectivity index (χ2v) is 15.1. The molecule has 0 aliphatic heterocycles. The SMILES string of the molecule is Cc1cccc(-c2c(-c3ccccc3)c([Si](c3ccccc3)(c3ccccc3)c3ccccc3)n(-c3ccccc3)c2C)c1. The van der Waals surface area contributed by atoms with Gasteiger partial charge in [-0.25, -0.2) is 0 Å². The van der Waals surface area contributed by atoms with Crippen LogP contribution < -0.4 is 20.9 Å². The molecule has 0 aliphatic carbocycles. The average molecular weight is 582 g/mol. The van der Waals surface area contributed by atoms with E-state index in [2.05, 4.69) is 194 Å². The molecule has 1 nitrogen and oxygen atoms in total. The zero-order chi connectivity index (χ0) is 29.9. The molecule has 1 aromatic heterocycles. The van der Waals surface area contributed by atoms with Crippen LogP contribution in [0.1, 0.15) is 11.3 Å². The van der Waals surface area contributed by atoms with Crippen LogP contribution in [0.15, 0.2) is 176 Å². The van der Waals surface area contributed by atoms with Crippen LogP contribution in [0.5, 0.6) is 0 Å². The molecule has 0 atom stereocenters. The quantitative estimate of drug-likeness (QED) is 0.134. The molecule has 2 heteroatoms. The number of aryl methyl sites for hydroxylation is 1. The lowest BCUT2D eigenvalue weighted by molar-refractivity contribution is 1.04. The molecule has 0 radical (unpaired) electrons. The van der Waals surface area contributed by atoms with Gasteiger partial charge in [-0.1, -0.05) is 169 Å². The van der Waals surface area contributed by atoms with E-state index in [-0.39, 0.29) is 0 Å². The van der Waals surface area contributed by atoms with E-state index in [1.54, 1.807) is 0 Å². The van der Waals surface area contributed by atoms with E-state index in [9.17, 15) is 0 Å². The van der Waals surface area contributed by atoms with E-state index in [4.69, 9.17) is 0 Å². The van der Waals surface area contributed by atoms with Crippen molar-refractivity contribution in [3.05, 3.63) is 187 Å². The molecule has 0 aliphatic rings. The molecule has 6 aromatic carbocycles. The molecule has 0 spiro atoms. The Labute approximate surface area is 261 Å². The monoisotopic (exact) mass is 581 g/mol. The zero-order valence-corrected chi connectivity index (χ0v) is 26.2. The molecule has 0 bridgehead atoms. The molecule has 0 N–H and O–H groups in total. The van der Waals surface area contributed by atoms with Crippen LogP contribution in [0.4, 0.5) is 0 Å². The van der Waals surface area contributed by atoms with Gasteiger partial charge in [-0.05, 0) is 52.7 Å². The Morgan fingerprint density at radius 1 is 0.409 bits per heavy atom. The number of aromatic nitrogens is 1. The standard InChI is InChI=1S/C42H35NSi/c1-32-19-18-22-35(31-32)40-33(2)43(36-23-10-4-11-24-36)42(41(40)34-20-8-3-9-21-34)44(37-25-12-5-13-26-37,38-27-14-6-15-28-38)39-29-16-7-17-30-39/h3-31H,1-2H3. The van der Waals surface area contributed by atoms with Crippen LogP contribution >= 0.6 is 0 Å². The smallest absolute Gasteiger partial charge is 0.200 e. The van der Waals surface area contributed by atoms with E-state index in [0.29, 0.717) is 0 Å². The van der Waals surface area contributed by atoms with Crippen molar-refractivity contribution in [1.29, 1.82) is 0 Å². The summed E-state index contributed by atoms with van der Waals surface area (Å²) in [7, 11) is -2.95. The summed E-state index contributed by atoms with van der Waals surface area (Å²) in [4.78, 5) is 0. The Morgan fingerprint density at radius 3 is 1.32 bits per heavy atom. The molecule has 0 saturated carbocycles. The summed E-state index contributed by atoms with van der Waals surface area (Å²) < 4.78 is 2.58. The summed E-state index contributed by atoms with van der Waals surface area (Å²) in [5.41, 5.74) is 8.75. The maximum atomic E-state index is 2.58. The molecule has 7 aromatic rings. The highest BCUT2D eigenvalue weighted by Gasteiger charge is 2.47. The molecule has 44 heavy (non-hydrogen) atoms. The van der Waals surface area contributed by atoms with Gasteiger partial charge in [-0.15, -0.1) is 0 Å². The van der Waals surface area contributed by atoms with E-state index in [0.717, 1.165) is 0 Å². The predicted octanol–water partition coefficient (Wildman–Crippen LogP) is 7.81. The van der Waals surface area contributed by atoms with Gasteiger partial charge >= 0.3 is 0 Å². The molecule has 7 rings (SSSR count). The predicted molar refractivity (Wildman–Crippen MR) is 190 cm³/mol. The number of nitrogens with zero attached hydrogens (tertiary/aromatic N) is 1. The van der Waals surface area contributed by atoms with Gasteiger partial charge in [0.2, 0.25) is 8.07 Å². The fraction of sp³-hybridized carbons (Fsp3) is 0.0476. The first-order valence-electron chi connectivity index (χ1n) is 15.3. The van der Waals surface area contributed by atoms with Crippen molar-refractivity contribution in [2.24, 2.45) is 0 Å². The summed E-state index contributed by atoms with van der Waals surface area (Å²) >= 11 is 0. The highest BCUT2D eigenvalue weighted by atomic mass is 28.3. The van der Waals surface area contributed by atoms with Crippen molar-refractivity contribution in [2.75, 3.05) is 0 Å². The minimum atomic E-state index is -2.95. The average Bonchev–Trinajstić information content (AvgIpc) is 3.40. The molecular weight excluding hydrogens is 547 g/mol. The number of benzene rings is 6. The van der Waals surface area contributed by atoms with Crippen LogP contribution in [0.3, 0.4) is 0 Å². The van der Waals surface area contributed by atoms with Gasteiger partial charge < -0.3 is 4.57 Å². The maximum absolute atomic E-state index is 2.95. The largest absolute Gasteiger partial charge is 0.320 e. The molecule has 0 amide bonds. The molecule has 1 heterocycles. The summed E-state index contributed by atoms with van der Waals surface area (Å²) in [5.74, 6) is 0. The minimum absolute atomic E-state index is 1.18. The van der Waals surface area contributed by atoms with Crippen molar-refractivity contribution in [3.63, 3.8) is 0 Å². The fourth-order valence-corrected chi connectivity index (χ4v) is 12.1. The molecular formula is C42H35NSi. The van der Waals surface area contributed by atoms with Crippen LogP contribution in [0.2, 0.25) is 0 Å². The lowest BCUT2D eigenvalue weighted by Gasteiger charge is -2.36. The Morgan fingerprint density at radius 2 is 0.841 bits per heavy atom. The van der Waals surface area contributed by atoms with Crippen molar-refractivity contribution in [3.8, 4) is 27.9 Å². The highest BCUT2D eigenvalue weighted by molar-refractivity contribution is 7.20. The third-order valence-electron chi connectivity index (χ3n) is 8.77. The number of hydrogen-bond donors (Lipinski definition) is 0. The minimum Gasteiger partial charge on any atom is -0.320 e. The second kappa shape index (κ2) is 11.8. The number of para-hydroxylation sites is 1. The van der Waals surface area contributed by atoms with Gasteiger partial charge in [0.1, 0.15) is 0 Å². The Kier molecular flexibility index (Phi) is 7.43. The van der Waals surface area contributed by atoms with Crippen LogP contribution in [-0.4, -0.2) is 12.6 Å². The lowest BCUT2D eigenvalue weighted by Crippen LogP contribution is -2.76. The Balaban J connectivity index is 1.78. The van der Waals surface area contributed by atoms with Crippen LogP contribution in [-0.2, 0) is 0 Å². The van der Waals surface area contributed by atoms with Gasteiger partial charge in [0.05, 0.1) is 0 Å². The molecule has 0 unspecified atom stereocenters. The van der Waals surface area contributed by atoms with Crippen molar-refractivity contribution >= 4 is 29.0 Å². The Bertz CT molecular complexity index is 1900. The van der Waals surface area contributed by atoms with Gasteiger partial charge in [0.25, 0.3) is 0 Å². The van der Waals surface area contributed by atoms with E-state index in [1.165, 1.54) is 60.1 Å². The first-order chi connectivity index (χ1) is 21.7. The summed E-state index contributed by atoms with van der Waals surface area (Å²) in [6.07, 6.45) is 0. The van der Waals surface area contributed by atoms with E-state index in [1.807, 2.05) is 0 Å². The summed E-state index contributed by atoms with van der Waals surface area (Å²) in [6, 6.07) is 64.7. The lowest BCUT2D eigenvalue weighted by atomic mass is 9.96. The van der Waals surface area contributed by atoms with Crippen molar-refractivity contribution in [2.45, 2.75) is 13.8 Å². The summed E-state index contributed by atoms with van der Waals surface area (Å²) in [5, 5.41) is 5.45. The Hall–Kier alpha value is -5.18. The molecule has 0 saturated heterocycles. The highest BCUT2D eigenvalue weighted by Crippen LogP contribution is 2.38. The second-order valence-electron chi connectivity index (χ2n) is 11.4. The van der Waals surface area contributed by atoms with Gasteiger partial charge in [-0.2, -0.15) is 0 Å². The summed E-state index contributed by atoms with van der Waals surface area (Å²) in [6.45, 7) is 4.49. The zero-order valence-electron chi connectivity index (χ0n) is 25.2. The van der Waals surface area contributed by atoms with Gasteiger partial charge in [0.15, 0.2) is 0 Å². The van der Waals surface area contributed by atoms with E-state index >= 15 is 0 Å². The molecule has 0 fully saturated rings. The van der Waals surface area contributed by atoms with Gasteiger partial charge in [0, 0.05) is 27.8 Å². The van der Waals surface area contributed by atoms with Crippen LogP contribution in [0.25, 0.3) is 27.9 Å². The molecule has 212 valence electrons. The topological polar surface area (TPSA) is 4.93 Å². The third-order valence-corrected chi connectivity index (χ3v) is 13.5. The maximum Gasteiger partial charge on any atom is 0.200 e. The normalized spacial score (nSPS) is 11.4. The first-order valence-corrected chi connectivity index (χ1v) is 17.3. The first kappa shape index (κ1) is 27.6. The fourth-order valence-electron chi connectivity index (χ4n) is 6.96. The number of hydrogen-bond acceptors (Lipinski definition) is 0. The van der Waals surface area contributed by atoms with Crippen molar-refractivity contribution in [1.82, 2.24) is 4.57 Å². The van der Waals surface area contributed by atoms with Crippen molar-refractivity contribution < 1.29 is 0 Å². The third kappa shape index (κ3) is 4.65. The van der Waals surface area contributed by atoms with Crippen LogP contribution in [0, 0.1) is 13.8 Å². The van der Waals surface area contributed by atoms with E-state index < -0.39 is 8.07 Å². The van der Waals surface area contributed by atoms with Gasteiger partial charge in [-0.3, -0.25) is 0 Å². The number of rotatable bonds is 7.